The first-order chi connectivity index (χ1) is 15.7. The average Bonchev–Trinajstić information content (AvgIpc) is 2.76. The summed E-state index contributed by atoms with van der Waals surface area (Å²) in [5, 5.41) is 0.791. The van der Waals surface area contributed by atoms with E-state index in [9.17, 15) is 18.0 Å². The van der Waals surface area contributed by atoms with Crippen LogP contribution in [0, 0.1) is 13.8 Å². The molecule has 0 radical (unpaired) electrons. The molecule has 0 aliphatic rings. The molecule has 0 fully saturated rings. The van der Waals surface area contributed by atoms with Gasteiger partial charge in [-0.3, -0.25) is 0 Å². The summed E-state index contributed by atoms with van der Waals surface area (Å²) in [6.07, 6.45) is 2.43. The lowest BCUT2D eigenvalue weighted by atomic mass is 10.0. The van der Waals surface area contributed by atoms with Crippen molar-refractivity contribution in [1.29, 1.82) is 0 Å². The zero-order valence-electron chi connectivity index (χ0n) is 19.3. The van der Waals surface area contributed by atoms with Gasteiger partial charge in [-0.05, 0) is 56.5 Å². The van der Waals surface area contributed by atoms with Gasteiger partial charge in [0.25, 0.3) is 0 Å². The van der Waals surface area contributed by atoms with E-state index >= 15 is 0 Å². The molecule has 1 aromatic heterocycles. The standard InChI is InChI=1S/C25H29NO6S/c1-5-7-18-15-23(27)32-24-17(4)22(14-13-20(18)24)31-25(28)21(8-6-2)26-33(29,30)19-11-9-16(3)10-12-19/h9-15,21,26H,5-8H2,1-4H3/t21-/m0/s1. The van der Waals surface area contributed by atoms with Crippen LogP contribution in [-0.4, -0.2) is 20.4 Å². The Balaban J connectivity index is 1.89. The lowest BCUT2D eigenvalue weighted by molar-refractivity contribution is -0.136. The number of carbonyl (C=O) groups is 1. The summed E-state index contributed by atoms with van der Waals surface area (Å²) in [7, 11) is -3.91. The Kier molecular flexibility index (Phi) is 7.71. The summed E-state index contributed by atoms with van der Waals surface area (Å²) in [6, 6.07) is 10.2. The average molecular weight is 472 g/mol. The van der Waals surface area contributed by atoms with E-state index in [0.29, 0.717) is 17.6 Å². The minimum absolute atomic E-state index is 0.0779. The van der Waals surface area contributed by atoms with Crippen molar-refractivity contribution < 1.29 is 22.4 Å². The molecule has 176 valence electrons. The number of rotatable bonds is 9. The summed E-state index contributed by atoms with van der Waals surface area (Å²) in [4.78, 5) is 25.0. The van der Waals surface area contributed by atoms with Crippen LogP contribution in [0.1, 0.15) is 49.8 Å². The van der Waals surface area contributed by atoms with Crippen molar-refractivity contribution in [2.24, 2.45) is 0 Å². The van der Waals surface area contributed by atoms with Gasteiger partial charge in [0.15, 0.2) is 0 Å². The SMILES string of the molecule is CCCc1cc(=O)oc2c(C)c(OC(=O)[C@H](CCC)NS(=O)(=O)c3ccc(C)cc3)ccc12. The molecule has 0 aliphatic carbocycles. The van der Waals surface area contributed by atoms with Crippen LogP contribution in [0.3, 0.4) is 0 Å². The maximum absolute atomic E-state index is 12.9. The van der Waals surface area contributed by atoms with Crippen molar-refractivity contribution in [2.75, 3.05) is 0 Å². The van der Waals surface area contributed by atoms with Gasteiger partial charge in [-0.2, -0.15) is 4.72 Å². The van der Waals surface area contributed by atoms with Crippen molar-refractivity contribution in [2.45, 2.75) is 64.3 Å². The first-order valence-corrected chi connectivity index (χ1v) is 12.5. The highest BCUT2D eigenvalue weighted by Crippen LogP contribution is 2.29. The third-order valence-electron chi connectivity index (χ3n) is 5.42. The predicted octanol–water partition coefficient (Wildman–Crippen LogP) is 4.41. The molecule has 33 heavy (non-hydrogen) atoms. The van der Waals surface area contributed by atoms with Crippen molar-refractivity contribution in [1.82, 2.24) is 4.72 Å². The van der Waals surface area contributed by atoms with Crippen molar-refractivity contribution in [3.63, 3.8) is 0 Å². The van der Waals surface area contributed by atoms with Crippen LogP contribution in [0.4, 0.5) is 0 Å². The molecule has 3 rings (SSSR count). The molecule has 0 saturated heterocycles. The zero-order chi connectivity index (χ0) is 24.2. The summed E-state index contributed by atoms with van der Waals surface area (Å²) >= 11 is 0. The van der Waals surface area contributed by atoms with Crippen LogP contribution >= 0.6 is 0 Å². The van der Waals surface area contributed by atoms with Gasteiger partial charge in [0.2, 0.25) is 10.0 Å². The van der Waals surface area contributed by atoms with Crippen molar-refractivity contribution >= 4 is 27.0 Å². The number of aryl methyl sites for hydroxylation is 3. The maximum Gasteiger partial charge on any atom is 0.336 e. The topological polar surface area (TPSA) is 103 Å². The lowest BCUT2D eigenvalue weighted by Crippen LogP contribution is -2.42. The molecule has 0 spiro atoms. The number of sulfonamides is 1. The van der Waals surface area contributed by atoms with Gasteiger partial charge in [0.05, 0.1) is 4.90 Å². The number of hydrogen-bond acceptors (Lipinski definition) is 6. The normalized spacial score (nSPS) is 12.6. The third-order valence-corrected chi connectivity index (χ3v) is 6.90. The Morgan fingerprint density at radius 3 is 2.39 bits per heavy atom. The molecule has 0 amide bonds. The molecule has 1 heterocycles. The lowest BCUT2D eigenvalue weighted by Gasteiger charge is -2.18. The summed E-state index contributed by atoms with van der Waals surface area (Å²) in [5.74, 6) is -0.498. The largest absolute Gasteiger partial charge is 0.425 e. The number of carbonyl (C=O) groups excluding carboxylic acids is 1. The van der Waals surface area contributed by atoms with E-state index in [-0.39, 0.29) is 17.1 Å². The Bertz CT molecular complexity index is 1310. The van der Waals surface area contributed by atoms with E-state index in [4.69, 9.17) is 9.15 Å². The Labute approximate surface area is 193 Å². The van der Waals surface area contributed by atoms with E-state index in [0.717, 1.165) is 29.4 Å². The zero-order valence-corrected chi connectivity index (χ0v) is 20.1. The van der Waals surface area contributed by atoms with E-state index in [1.807, 2.05) is 20.8 Å². The summed E-state index contributed by atoms with van der Waals surface area (Å²) < 4.78 is 39.0. The molecule has 0 unspecified atom stereocenters. The molecule has 2 aromatic carbocycles. The fourth-order valence-corrected chi connectivity index (χ4v) is 4.88. The number of fused-ring (bicyclic) bond motifs is 1. The number of nitrogens with one attached hydrogen (secondary N) is 1. The third kappa shape index (κ3) is 5.69. The van der Waals surface area contributed by atoms with Crippen LogP contribution in [-0.2, 0) is 21.2 Å². The highest BCUT2D eigenvalue weighted by molar-refractivity contribution is 7.89. The monoisotopic (exact) mass is 471 g/mol. The molecule has 0 saturated carbocycles. The smallest absolute Gasteiger partial charge is 0.336 e. The molecular formula is C25H29NO6S. The van der Waals surface area contributed by atoms with Gasteiger partial charge in [-0.25, -0.2) is 18.0 Å². The molecule has 8 heteroatoms. The molecular weight excluding hydrogens is 442 g/mol. The molecule has 7 nitrogen and oxygen atoms in total. The van der Waals surface area contributed by atoms with Crippen LogP contribution in [0.2, 0.25) is 0 Å². The van der Waals surface area contributed by atoms with Gasteiger partial charge >= 0.3 is 11.6 Å². The number of ether oxygens (including phenoxy) is 1. The Morgan fingerprint density at radius 1 is 1.06 bits per heavy atom. The van der Waals surface area contributed by atoms with E-state index in [1.165, 1.54) is 18.2 Å². The van der Waals surface area contributed by atoms with Gasteiger partial charge in [-0.15, -0.1) is 0 Å². The van der Waals surface area contributed by atoms with E-state index in [1.54, 1.807) is 31.2 Å². The second-order valence-corrected chi connectivity index (χ2v) is 9.82. The van der Waals surface area contributed by atoms with Gasteiger partial charge < -0.3 is 9.15 Å². The predicted molar refractivity (Wildman–Crippen MR) is 127 cm³/mol. The summed E-state index contributed by atoms with van der Waals surface area (Å²) in [5.41, 5.74) is 2.21. The number of benzene rings is 2. The molecule has 0 bridgehead atoms. The van der Waals surface area contributed by atoms with Crippen molar-refractivity contribution in [3.8, 4) is 5.75 Å². The molecule has 3 aromatic rings. The van der Waals surface area contributed by atoms with Crippen molar-refractivity contribution in [3.05, 3.63) is 69.6 Å². The van der Waals surface area contributed by atoms with Crippen LogP contribution < -0.4 is 15.1 Å². The maximum atomic E-state index is 12.9. The fourth-order valence-electron chi connectivity index (χ4n) is 3.66. The van der Waals surface area contributed by atoms with Crippen LogP contribution in [0.5, 0.6) is 5.75 Å². The quantitative estimate of drug-likeness (QED) is 0.282. The molecule has 1 N–H and O–H groups in total. The second-order valence-electron chi connectivity index (χ2n) is 8.10. The highest BCUT2D eigenvalue weighted by Gasteiger charge is 2.27. The van der Waals surface area contributed by atoms with Crippen LogP contribution in [0.15, 0.2) is 56.6 Å². The first-order valence-electron chi connectivity index (χ1n) is 11.0. The van der Waals surface area contributed by atoms with Crippen LogP contribution in [0.25, 0.3) is 11.0 Å². The van der Waals surface area contributed by atoms with Gasteiger partial charge in [0, 0.05) is 17.0 Å². The minimum atomic E-state index is -3.91. The first kappa shape index (κ1) is 24.7. The molecule has 1 atom stereocenters. The Morgan fingerprint density at radius 2 is 1.76 bits per heavy atom. The number of esters is 1. The minimum Gasteiger partial charge on any atom is -0.425 e. The number of hydrogen-bond donors (Lipinski definition) is 1. The second kappa shape index (κ2) is 10.3. The van der Waals surface area contributed by atoms with Gasteiger partial charge in [-0.1, -0.05) is 44.4 Å². The Hall–Kier alpha value is -2.97. The van der Waals surface area contributed by atoms with Gasteiger partial charge in [0.1, 0.15) is 17.4 Å². The fraction of sp³-hybridized carbons (Fsp3) is 0.360. The molecule has 0 aliphatic heterocycles. The summed E-state index contributed by atoms with van der Waals surface area (Å²) in [6.45, 7) is 7.44. The van der Waals surface area contributed by atoms with E-state index < -0.39 is 27.7 Å². The van der Waals surface area contributed by atoms with E-state index in [2.05, 4.69) is 4.72 Å². The highest BCUT2D eigenvalue weighted by atomic mass is 32.2.